The van der Waals surface area contributed by atoms with Crippen molar-refractivity contribution in [1.82, 2.24) is 4.48 Å². The van der Waals surface area contributed by atoms with Crippen molar-refractivity contribution in [3.63, 3.8) is 0 Å². The van der Waals surface area contributed by atoms with Crippen LogP contribution in [-0.2, 0) is 0 Å². The Balaban J connectivity index is 1.66. The van der Waals surface area contributed by atoms with E-state index in [-0.39, 0.29) is 0 Å². The minimum Gasteiger partial charge on any atom is -0.324 e. The third-order valence-corrected chi connectivity index (χ3v) is 7.58. The van der Waals surface area contributed by atoms with Crippen LogP contribution in [0, 0.1) is 27.7 Å². The number of hydrogen-bond acceptors (Lipinski definition) is 1. The van der Waals surface area contributed by atoms with Gasteiger partial charge in [0.05, 0.1) is 11.4 Å². The highest BCUT2D eigenvalue weighted by Crippen LogP contribution is 2.40. The highest BCUT2D eigenvalue weighted by Gasteiger charge is 2.29. The maximum absolute atomic E-state index is 15.1. The van der Waals surface area contributed by atoms with Gasteiger partial charge in [0.1, 0.15) is 0 Å². The van der Waals surface area contributed by atoms with Crippen molar-refractivity contribution in [2.45, 2.75) is 27.7 Å². The molecule has 0 N–H and O–H groups in total. The molecule has 2 nitrogen and oxygen atoms in total. The third-order valence-electron chi connectivity index (χ3n) is 7.58. The lowest BCUT2D eigenvalue weighted by Gasteiger charge is -2.12. The zero-order valence-electron chi connectivity index (χ0n) is 23.0. The van der Waals surface area contributed by atoms with Crippen molar-refractivity contribution >= 4 is 35.5 Å². The first-order chi connectivity index (χ1) is 19.3. The Labute approximate surface area is 234 Å². The van der Waals surface area contributed by atoms with Crippen molar-refractivity contribution in [3.8, 4) is 11.3 Å². The average Bonchev–Trinajstić information content (AvgIpc) is 3.49. The molecule has 196 valence electrons. The van der Waals surface area contributed by atoms with Crippen LogP contribution in [0.25, 0.3) is 33.7 Å². The fourth-order valence-corrected chi connectivity index (χ4v) is 5.64. The van der Waals surface area contributed by atoms with Crippen LogP contribution < -0.4 is 0 Å². The average molecular weight is 526 g/mol. The maximum atomic E-state index is 15.1. The Hall–Kier alpha value is -4.51. The molecular formula is C35H29BF2N2. The Bertz CT molecular complexity index is 1830. The summed E-state index contributed by atoms with van der Waals surface area (Å²) in [6, 6.07) is 30.1. The molecule has 0 atom stereocenters. The number of hydrogen-bond donors (Lipinski definition) is 0. The lowest BCUT2D eigenvalue weighted by Crippen LogP contribution is -2.16. The van der Waals surface area contributed by atoms with Crippen LogP contribution in [-0.4, -0.2) is 17.6 Å². The molecule has 0 aliphatic carbocycles. The van der Waals surface area contributed by atoms with Crippen LogP contribution >= 0.6 is 0 Å². The second-order valence-corrected chi connectivity index (χ2v) is 10.6. The van der Waals surface area contributed by atoms with E-state index in [4.69, 9.17) is 4.99 Å². The predicted molar refractivity (Wildman–Crippen MR) is 165 cm³/mol. The monoisotopic (exact) mass is 526 g/mol. The van der Waals surface area contributed by atoms with Gasteiger partial charge in [0.25, 0.3) is 0 Å². The van der Waals surface area contributed by atoms with Crippen molar-refractivity contribution in [2.75, 3.05) is 0 Å². The number of fused-ring (bicyclic) bond motifs is 1. The smallest absolute Gasteiger partial charge is 0.324 e. The molecule has 0 fully saturated rings. The lowest BCUT2D eigenvalue weighted by atomic mass is 9.98. The van der Waals surface area contributed by atoms with Gasteiger partial charge in [-0.15, -0.1) is 0 Å². The van der Waals surface area contributed by atoms with Gasteiger partial charge in [-0.3, -0.25) is 8.63 Å². The number of halogens is 2. The second-order valence-electron chi connectivity index (χ2n) is 10.6. The van der Waals surface area contributed by atoms with Crippen molar-refractivity contribution in [2.24, 2.45) is 4.99 Å². The van der Waals surface area contributed by atoms with Gasteiger partial charge in [0.15, 0.2) is 0 Å². The normalized spacial score (nSPS) is 14.1. The summed E-state index contributed by atoms with van der Waals surface area (Å²) < 4.78 is 31.5. The van der Waals surface area contributed by atoms with Gasteiger partial charge in [-0.1, -0.05) is 77.9 Å². The molecule has 0 radical (unpaired) electrons. The van der Waals surface area contributed by atoms with E-state index >= 15 is 8.63 Å². The van der Waals surface area contributed by atoms with E-state index < -0.39 is 7.40 Å². The quantitative estimate of drug-likeness (QED) is 0.203. The van der Waals surface area contributed by atoms with E-state index in [2.05, 4.69) is 12.1 Å². The predicted octanol–water partition coefficient (Wildman–Crippen LogP) is 9.24. The minimum atomic E-state index is -2.74. The summed E-state index contributed by atoms with van der Waals surface area (Å²) in [5.41, 5.74) is 10.3. The van der Waals surface area contributed by atoms with Crippen LogP contribution in [0.15, 0.2) is 108 Å². The van der Waals surface area contributed by atoms with Crippen LogP contribution in [0.2, 0.25) is 0 Å². The van der Waals surface area contributed by atoms with Crippen molar-refractivity contribution in [3.05, 3.63) is 142 Å². The Morgan fingerprint density at radius 2 is 1.25 bits per heavy atom. The number of allylic oxidation sites excluding steroid dienone is 2. The molecule has 6 rings (SSSR count). The van der Waals surface area contributed by atoms with Gasteiger partial charge in [-0.05, 0) is 86.4 Å². The molecule has 0 unspecified atom stereocenters. The highest BCUT2D eigenvalue weighted by molar-refractivity contribution is 6.43. The van der Waals surface area contributed by atoms with Crippen LogP contribution in [0.1, 0.15) is 39.1 Å². The van der Waals surface area contributed by atoms with E-state index in [0.29, 0.717) is 17.1 Å². The first kappa shape index (κ1) is 25.8. The molecule has 40 heavy (non-hydrogen) atoms. The molecular weight excluding hydrogens is 497 g/mol. The number of aryl methyl sites for hydroxylation is 4. The molecule has 4 aromatic carbocycles. The van der Waals surface area contributed by atoms with Gasteiger partial charge in [0.2, 0.25) is 0 Å². The fraction of sp³-hybridized carbons (Fsp3) is 0.114. The second kappa shape index (κ2) is 10.2. The van der Waals surface area contributed by atoms with Gasteiger partial charge in [-0.2, -0.15) is 0 Å². The molecule has 2 heterocycles. The molecule has 5 heteroatoms. The summed E-state index contributed by atoms with van der Waals surface area (Å²) >= 11 is 0. The van der Waals surface area contributed by atoms with Crippen LogP contribution in [0.3, 0.4) is 0 Å². The summed E-state index contributed by atoms with van der Waals surface area (Å²) in [5.74, 6) is 0. The van der Waals surface area contributed by atoms with Crippen LogP contribution in [0.4, 0.5) is 8.63 Å². The van der Waals surface area contributed by atoms with Crippen molar-refractivity contribution < 1.29 is 8.63 Å². The number of benzene rings is 4. The number of rotatable bonds is 5. The fourth-order valence-electron chi connectivity index (χ4n) is 5.64. The molecule has 1 aromatic heterocycles. The minimum absolute atomic E-state index is 0.456. The number of aliphatic imine (C=N–C) groups is 1. The highest BCUT2D eigenvalue weighted by atomic mass is 19.2. The van der Waals surface area contributed by atoms with Crippen LogP contribution in [0.5, 0.6) is 0 Å². The topological polar surface area (TPSA) is 17.3 Å². The first-order valence-corrected chi connectivity index (χ1v) is 13.5. The van der Waals surface area contributed by atoms with Gasteiger partial charge < -0.3 is 4.48 Å². The Kier molecular flexibility index (Phi) is 6.59. The Morgan fingerprint density at radius 3 is 1.85 bits per heavy atom. The van der Waals surface area contributed by atoms with E-state index in [1.807, 2.05) is 119 Å². The summed E-state index contributed by atoms with van der Waals surface area (Å²) in [5, 5.41) is 1.61. The van der Waals surface area contributed by atoms with E-state index in [9.17, 15) is 0 Å². The summed E-state index contributed by atoms with van der Waals surface area (Å²) in [6.45, 7) is 8.06. The number of aromatic nitrogens is 1. The summed E-state index contributed by atoms with van der Waals surface area (Å²) in [6.07, 6.45) is 3.89. The summed E-state index contributed by atoms with van der Waals surface area (Å²) in [7, 11) is -2.74. The first-order valence-electron chi connectivity index (χ1n) is 13.5. The molecule has 0 spiro atoms. The Morgan fingerprint density at radius 1 is 0.675 bits per heavy atom. The largest absolute Gasteiger partial charge is 0.678 e. The molecule has 0 bridgehead atoms. The molecule has 1 aliphatic rings. The third kappa shape index (κ3) is 4.62. The molecule has 0 saturated carbocycles. The molecule has 1 aliphatic heterocycles. The van der Waals surface area contributed by atoms with Gasteiger partial charge in [0, 0.05) is 33.3 Å². The zero-order chi connectivity index (χ0) is 28.0. The van der Waals surface area contributed by atoms with E-state index in [0.717, 1.165) is 61.0 Å². The van der Waals surface area contributed by atoms with Gasteiger partial charge in [-0.25, -0.2) is 4.99 Å². The summed E-state index contributed by atoms with van der Waals surface area (Å²) in [4.78, 5) is 5.00. The van der Waals surface area contributed by atoms with Gasteiger partial charge >= 0.3 is 7.40 Å². The molecule has 0 saturated heterocycles. The number of nitrogens with zero attached hydrogens (tertiary/aromatic N) is 2. The zero-order valence-corrected chi connectivity index (χ0v) is 23.0. The van der Waals surface area contributed by atoms with Crippen molar-refractivity contribution in [1.29, 1.82) is 0 Å². The molecule has 5 aromatic rings. The molecule has 0 amide bonds. The SMILES string of the molecule is Cc1cc(C)cc(-c2c3cc(C)c(C)cc3c(/C=C3\N=C(c4ccccc4)C=C3c3ccccc3)n2B(F)F)c1. The standard InChI is InChI=1S/C35H29BF2N2/c1-22-15-23(2)17-28(16-22)35-31-19-25(4)24(3)18-30(31)34(40(35)36(37)38)21-33-29(26-11-7-5-8-12-26)20-32(39-33)27-13-9-6-10-14-27/h5-21H,1-4H3/b33-21-. The maximum Gasteiger partial charge on any atom is 0.678 e. The lowest BCUT2D eigenvalue weighted by molar-refractivity contribution is 0.631. The van der Waals surface area contributed by atoms with E-state index in [1.54, 1.807) is 0 Å². The van der Waals surface area contributed by atoms with E-state index in [1.165, 1.54) is 4.48 Å².